The normalized spacial score (nSPS) is 20.4. The zero-order chi connectivity index (χ0) is 13.8. The third-order valence-electron chi connectivity index (χ3n) is 2.60. The standard InChI is InChI=1S/C13H13N3S4/c1-13(16-11-6-4-8-15-12(11)18-13)19-20-17-9-10-5-2-3-7-14-10/h2-8,16H,9H2,1H3/t13-/m1/s1. The van der Waals surface area contributed by atoms with Crippen molar-refractivity contribution in [3.8, 4) is 0 Å². The number of pyridine rings is 2. The molecule has 0 aliphatic carbocycles. The van der Waals surface area contributed by atoms with E-state index in [1.807, 2.05) is 52.2 Å². The summed E-state index contributed by atoms with van der Waals surface area (Å²) in [6.45, 7) is 2.19. The number of fused-ring (bicyclic) bond motifs is 1. The molecule has 0 saturated heterocycles. The molecule has 1 N–H and O–H groups in total. The molecule has 20 heavy (non-hydrogen) atoms. The van der Waals surface area contributed by atoms with Crippen molar-refractivity contribution in [3.05, 3.63) is 48.4 Å². The highest BCUT2D eigenvalue weighted by Crippen LogP contribution is 2.56. The molecule has 3 rings (SSSR count). The van der Waals surface area contributed by atoms with Gasteiger partial charge in [-0.05, 0) is 51.8 Å². The van der Waals surface area contributed by atoms with Crippen LogP contribution in [0.2, 0.25) is 0 Å². The van der Waals surface area contributed by atoms with Gasteiger partial charge in [-0.3, -0.25) is 4.98 Å². The van der Waals surface area contributed by atoms with Crippen LogP contribution in [-0.2, 0) is 5.75 Å². The average molecular weight is 340 g/mol. The van der Waals surface area contributed by atoms with E-state index in [-0.39, 0.29) is 4.20 Å². The summed E-state index contributed by atoms with van der Waals surface area (Å²) >= 11 is 1.78. The van der Waals surface area contributed by atoms with Gasteiger partial charge in [0.25, 0.3) is 0 Å². The molecule has 0 fully saturated rings. The van der Waals surface area contributed by atoms with E-state index in [2.05, 4.69) is 34.3 Å². The molecular weight excluding hydrogens is 326 g/mol. The van der Waals surface area contributed by atoms with Crippen LogP contribution >= 0.6 is 43.2 Å². The van der Waals surface area contributed by atoms with Crippen LogP contribution in [0.15, 0.2) is 47.8 Å². The molecule has 104 valence electrons. The third kappa shape index (κ3) is 3.58. The van der Waals surface area contributed by atoms with Gasteiger partial charge >= 0.3 is 0 Å². The van der Waals surface area contributed by atoms with Gasteiger partial charge in [0.1, 0.15) is 9.23 Å². The summed E-state index contributed by atoms with van der Waals surface area (Å²) in [4.78, 5) is 8.72. The van der Waals surface area contributed by atoms with Gasteiger partial charge in [0.05, 0.1) is 11.4 Å². The van der Waals surface area contributed by atoms with Crippen molar-refractivity contribution in [3.63, 3.8) is 0 Å². The number of thioether (sulfide) groups is 1. The van der Waals surface area contributed by atoms with E-state index in [1.165, 1.54) is 0 Å². The smallest absolute Gasteiger partial charge is 0.145 e. The molecule has 0 radical (unpaired) electrons. The van der Waals surface area contributed by atoms with Crippen LogP contribution in [-0.4, -0.2) is 14.2 Å². The first kappa shape index (κ1) is 14.4. The van der Waals surface area contributed by atoms with E-state index in [0.29, 0.717) is 0 Å². The summed E-state index contributed by atoms with van der Waals surface area (Å²) in [6, 6.07) is 10.1. The first-order chi connectivity index (χ1) is 9.75. The lowest BCUT2D eigenvalue weighted by molar-refractivity contribution is 1.07. The molecule has 0 saturated carbocycles. The van der Waals surface area contributed by atoms with Crippen LogP contribution in [0.5, 0.6) is 0 Å². The van der Waals surface area contributed by atoms with Crippen LogP contribution < -0.4 is 5.32 Å². The fourth-order valence-corrected chi connectivity index (χ4v) is 7.89. The Hall–Kier alpha value is -0.500. The number of hydrogen-bond donors (Lipinski definition) is 1. The monoisotopic (exact) mass is 339 g/mol. The molecule has 1 aliphatic rings. The summed E-state index contributed by atoms with van der Waals surface area (Å²) in [5.41, 5.74) is 2.25. The second-order valence-electron chi connectivity index (χ2n) is 4.26. The number of aromatic nitrogens is 2. The molecule has 3 nitrogen and oxygen atoms in total. The predicted octanol–water partition coefficient (Wildman–Crippen LogP) is 4.90. The van der Waals surface area contributed by atoms with Crippen LogP contribution in [0.3, 0.4) is 0 Å². The fourth-order valence-electron chi connectivity index (χ4n) is 1.72. The quantitative estimate of drug-likeness (QED) is 0.613. The topological polar surface area (TPSA) is 37.8 Å². The molecule has 2 aromatic heterocycles. The molecule has 0 spiro atoms. The number of nitrogens with zero attached hydrogens (tertiary/aromatic N) is 2. The maximum Gasteiger partial charge on any atom is 0.145 e. The maximum atomic E-state index is 4.39. The van der Waals surface area contributed by atoms with Crippen molar-refractivity contribution in [1.82, 2.24) is 9.97 Å². The van der Waals surface area contributed by atoms with Gasteiger partial charge in [-0.15, -0.1) is 0 Å². The largest absolute Gasteiger partial charge is 0.359 e. The summed E-state index contributed by atoms with van der Waals surface area (Å²) < 4.78 is -0.0571. The lowest BCUT2D eigenvalue weighted by atomic mass is 10.4. The lowest BCUT2D eigenvalue weighted by Gasteiger charge is -2.21. The maximum absolute atomic E-state index is 4.39. The van der Waals surface area contributed by atoms with Crippen LogP contribution in [0.4, 0.5) is 5.69 Å². The van der Waals surface area contributed by atoms with Gasteiger partial charge in [-0.1, -0.05) is 28.6 Å². The Bertz CT molecular complexity index is 554. The van der Waals surface area contributed by atoms with Gasteiger partial charge < -0.3 is 5.32 Å². The number of hydrogen-bond acceptors (Lipinski definition) is 7. The number of nitrogens with one attached hydrogen (secondary N) is 1. The highest BCUT2D eigenvalue weighted by Gasteiger charge is 2.35. The molecular formula is C13H13N3S4. The minimum absolute atomic E-state index is 0.0571. The number of anilines is 1. The molecule has 1 aliphatic heterocycles. The molecule has 0 unspecified atom stereocenters. The van der Waals surface area contributed by atoms with Gasteiger partial charge in [-0.2, -0.15) is 0 Å². The minimum atomic E-state index is -0.0571. The molecule has 0 aromatic carbocycles. The van der Waals surface area contributed by atoms with Crippen molar-refractivity contribution >= 4 is 48.9 Å². The highest BCUT2D eigenvalue weighted by molar-refractivity contribution is 9.10. The van der Waals surface area contributed by atoms with Gasteiger partial charge in [-0.25, -0.2) is 4.98 Å². The predicted molar refractivity (Wildman–Crippen MR) is 92.8 cm³/mol. The average Bonchev–Trinajstić information content (AvgIpc) is 2.81. The van der Waals surface area contributed by atoms with Crippen molar-refractivity contribution in [2.45, 2.75) is 21.9 Å². The van der Waals surface area contributed by atoms with E-state index >= 15 is 0 Å². The van der Waals surface area contributed by atoms with Crippen LogP contribution in [0, 0.1) is 0 Å². The van der Waals surface area contributed by atoms with E-state index in [4.69, 9.17) is 0 Å². The van der Waals surface area contributed by atoms with Crippen LogP contribution in [0.1, 0.15) is 12.6 Å². The Kier molecular flexibility index (Phi) is 4.70. The first-order valence-electron chi connectivity index (χ1n) is 6.05. The first-order valence-corrected chi connectivity index (χ1v) is 10.5. The Morgan fingerprint density at radius 3 is 2.90 bits per heavy atom. The molecule has 0 bridgehead atoms. The highest BCUT2D eigenvalue weighted by atomic mass is 33.5. The Balaban J connectivity index is 1.48. The van der Waals surface area contributed by atoms with Crippen molar-refractivity contribution in [1.29, 1.82) is 0 Å². The Labute approximate surface area is 134 Å². The van der Waals surface area contributed by atoms with E-state index in [9.17, 15) is 0 Å². The van der Waals surface area contributed by atoms with Crippen molar-refractivity contribution in [2.24, 2.45) is 0 Å². The lowest BCUT2D eigenvalue weighted by Crippen LogP contribution is -2.20. The Morgan fingerprint density at radius 1 is 1.20 bits per heavy atom. The summed E-state index contributed by atoms with van der Waals surface area (Å²) in [5.74, 6) is 0.921. The zero-order valence-corrected chi connectivity index (χ0v) is 14.0. The van der Waals surface area contributed by atoms with E-state index < -0.39 is 0 Å². The SMILES string of the molecule is C[C@@]1(SSSCc2ccccn2)Nc2cccnc2S1. The Morgan fingerprint density at radius 2 is 2.10 bits per heavy atom. The zero-order valence-electron chi connectivity index (χ0n) is 10.8. The van der Waals surface area contributed by atoms with E-state index in [0.717, 1.165) is 22.2 Å². The molecule has 3 heterocycles. The third-order valence-corrected chi connectivity index (χ3v) is 8.75. The summed E-state index contributed by atoms with van der Waals surface area (Å²) in [7, 11) is 5.44. The fraction of sp³-hybridized carbons (Fsp3) is 0.231. The van der Waals surface area contributed by atoms with E-state index in [1.54, 1.807) is 21.6 Å². The summed E-state index contributed by atoms with van der Waals surface area (Å²) in [5, 5.41) is 4.60. The van der Waals surface area contributed by atoms with Gasteiger partial charge in [0.2, 0.25) is 0 Å². The molecule has 2 aromatic rings. The molecule has 1 atom stereocenters. The molecule has 0 amide bonds. The number of rotatable bonds is 5. The molecule has 7 heteroatoms. The second kappa shape index (κ2) is 6.51. The minimum Gasteiger partial charge on any atom is -0.359 e. The van der Waals surface area contributed by atoms with Gasteiger partial charge in [0.15, 0.2) is 0 Å². The second-order valence-corrected chi connectivity index (χ2v) is 10.4. The van der Waals surface area contributed by atoms with Gasteiger partial charge in [0, 0.05) is 18.1 Å². The van der Waals surface area contributed by atoms with Crippen molar-refractivity contribution in [2.75, 3.05) is 5.32 Å². The van der Waals surface area contributed by atoms with Crippen molar-refractivity contribution < 1.29 is 0 Å². The van der Waals surface area contributed by atoms with Crippen LogP contribution in [0.25, 0.3) is 0 Å². The summed E-state index contributed by atoms with van der Waals surface area (Å²) in [6.07, 6.45) is 3.68.